The number of hydrogen-bond acceptors (Lipinski definition) is 3. The van der Waals surface area contributed by atoms with Crippen molar-refractivity contribution in [3.05, 3.63) is 101 Å². The molecule has 0 bridgehead atoms. The van der Waals surface area contributed by atoms with Gasteiger partial charge in [0.05, 0.1) is 11.4 Å². The number of nitrogens with zero attached hydrogens (tertiary/aromatic N) is 1. The Labute approximate surface area is 167 Å². The van der Waals surface area contributed by atoms with Gasteiger partial charge in [-0.2, -0.15) is 0 Å². The van der Waals surface area contributed by atoms with Gasteiger partial charge in [0.1, 0.15) is 11.4 Å². The molecule has 140 valence electrons. The molecule has 29 heavy (non-hydrogen) atoms. The van der Waals surface area contributed by atoms with Crippen LogP contribution in [0.25, 0.3) is 44.9 Å². The zero-order valence-corrected chi connectivity index (χ0v) is 15.8. The Morgan fingerprint density at radius 3 is 2.24 bits per heavy atom. The lowest BCUT2D eigenvalue weighted by Crippen LogP contribution is -1.99. The maximum Gasteiger partial charge on any atom is 0.336 e. The van der Waals surface area contributed by atoms with Crippen LogP contribution in [0.3, 0.4) is 0 Å². The van der Waals surface area contributed by atoms with Crippen LogP contribution in [0.1, 0.15) is 5.56 Å². The molecule has 0 amide bonds. The molecule has 0 atom stereocenters. The first-order valence-electron chi connectivity index (χ1n) is 9.45. The monoisotopic (exact) mass is 378 g/mol. The van der Waals surface area contributed by atoms with Crippen molar-refractivity contribution in [2.24, 2.45) is 0 Å². The van der Waals surface area contributed by atoms with Crippen molar-refractivity contribution in [1.29, 1.82) is 0 Å². The van der Waals surface area contributed by atoms with Crippen molar-refractivity contribution >= 4 is 11.0 Å². The minimum atomic E-state index is -0.393. The molecule has 2 heterocycles. The number of hydrogen-bond donors (Lipinski definition) is 1. The van der Waals surface area contributed by atoms with Crippen LogP contribution in [0.5, 0.6) is 0 Å². The van der Waals surface area contributed by atoms with E-state index in [1.54, 1.807) is 0 Å². The number of aryl methyl sites for hydroxylation is 1. The van der Waals surface area contributed by atoms with Crippen molar-refractivity contribution in [2.75, 3.05) is 0 Å². The summed E-state index contributed by atoms with van der Waals surface area (Å²) in [6, 6.07) is 27.4. The van der Waals surface area contributed by atoms with Crippen LogP contribution in [-0.2, 0) is 0 Å². The first-order valence-corrected chi connectivity index (χ1v) is 9.45. The molecule has 0 aliphatic carbocycles. The van der Waals surface area contributed by atoms with E-state index < -0.39 is 5.63 Å². The van der Waals surface area contributed by atoms with Crippen molar-refractivity contribution in [3.8, 4) is 33.9 Å². The highest BCUT2D eigenvalue weighted by Gasteiger charge is 2.17. The summed E-state index contributed by atoms with van der Waals surface area (Å²) in [5, 5.41) is 0.859. The van der Waals surface area contributed by atoms with E-state index in [-0.39, 0.29) is 0 Å². The summed E-state index contributed by atoms with van der Waals surface area (Å²) >= 11 is 0. The summed E-state index contributed by atoms with van der Waals surface area (Å²) in [6.45, 7) is 2.02. The summed E-state index contributed by atoms with van der Waals surface area (Å²) in [6.07, 6.45) is 0. The zero-order chi connectivity index (χ0) is 19.8. The number of rotatable bonds is 3. The van der Waals surface area contributed by atoms with E-state index in [1.807, 2.05) is 85.8 Å². The fourth-order valence-electron chi connectivity index (χ4n) is 3.59. The second-order valence-corrected chi connectivity index (χ2v) is 7.02. The Kier molecular flexibility index (Phi) is 4.10. The third-order valence-electron chi connectivity index (χ3n) is 4.97. The SMILES string of the molecule is Cc1ccc2oc(=O)cc(-c3nc(-c4ccccc4)c(-c4ccccc4)[nH]3)c2c1. The van der Waals surface area contributed by atoms with Gasteiger partial charge in [-0.05, 0) is 19.1 Å². The summed E-state index contributed by atoms with van der Waals surface area (Å²) < 4.78 is 5.39. The van der Waals surface area contributed by atoms with Gasteiger partial charge >= 0.3 is 5.63 Å². The van der Waals surface area contributed by atoms with E-state index in [1.165, 1.54) is 6.07 Å². The number of nitrogens with one attached hydrogen (secondary N) is 1. The van der Waals surface area contributed by atoms with Gasteiger partial charge in [-0.3, -0.25) is 0 Å². The lowest BCUT2D eigenvalue weighted by atomic mass is 10.1. The van der Waals surface area contributed by atoms with Crippen LogP contribution in [0.2, 0.25) is 0 Å². The van der Waals surface area contributed by atoms with Gasteiger partial charge in [-0.1, -0.05) is 72.3 Å². The lowest BCUT2D eigenvalue weighted by Gasteiger charge is -2.04. The molecule has 4 nitrogen and oxygen atoms in total. The Balaban J connectivity index is 1.80. The van der Waals surface area contributed by atoms with Gasteiger partial charge in [-0.25, -0.2) is 9.78 Å². The molecule has 0 saturated heterocycles. The number of fused-ring (bicyclic) bond motifs is 1. The predicted molar refractivity (Wildman–Crippen MR) is 116 cm³/mol. The third kappa shape index (κ3) is 3.15. The standard InChI is InChI=1S/C25H18N2O2/c1-16-12-13-21-19(14-16)20(15-22(28)29-21)25-26-23(17-8-4-2-5-9-17)24(27-25)18-10-6-3-7-11-18/h2-15H,1H3,(H,26,27). The number of aromatic amines is 1. The van der Waals surface area contributed by atoms with Gasteiger partial charge in [0.2, 0.25) is 0 Å². The van der Waals surface area contributed by atoms with Crippen molar-refractivity contribution in [1.82, 2.24) is 9.97 Å². The molecule has 0 aliphatic rings. The van der Waals surface area contributed by atoms with Gasteiger partial charge < -0.3 is 9.40 Å². The fraction of sp³-hybridized carbons (Fsp3) is 0.0400. The smallest absolute Gasteiger partial charge is 0.336 e. The van der Waals surface area contributed by atoms with Gasteiger partial charge in [0.15, 0.2) is 0 Å². The molecule has 5 aromatic rings. The number of H-pyrrole nitrogens is 1. The Morgan fingerprint density at radius 2 is 1.52 bits per heavy atom. The highest BCUT2D eigenvalue weighted by molar-refractivity contribution is 5.93. The molecule has 2 aromatic heterocycles. The lowest BCUT2D eigenvalue weighted by molar-refractivity contribution is 0.561. The second-order valence-electron chi connectivity index (χ2n) is 7.02. The van der Waals surface area contributed by atoms with Crippen LogP contribution in [-0.4, -0.2) is 9.97 Å². The first kappa shape index (κ1) is 17.2. The number of benzene rings is 3. The average Bonchev–Trinajstić information content (AvgIpc) is 3.20. The average molecular weight is 378 g/mol. The maximum absolute atomic E-state index is 12.2. The van der Waals surface area contributed by atoms with Gasteiger partial charge in [0, 0.05) is 28.1 Å². The van der Waals surface area contributed by atoms with E-state index in [0.29, 0.717) is 11.4 Å². The molecule has 0 spiro atoms. The highest BCUT2D eigenvalue weighted by Crippen LogP contribution is 2.34. The van der Waals surface area contributed by atoms with Crippen molar-refractivity contribution in [2.45, 2.75) is 6.92 Å². The Morgan fingerprint density at radius 1 is 0.828 bits per heavy atom. The topological polar surface area (TPSA) is 58.9 Å². The predicted octanol–water partition coefficient (Wildman–Crippen LogP) is 5.83. The fourth-order valence-corrected chi connectivity index (χ4v) is 3.59. The van der Waals surface area contributed by atoms with Crippen LogP contribution >= 0.6 is 0 Å². The van der Waals surface area contributed by atoms with Crippen LogP contribution < -0.4 is 5.63 Å². The molecule has 5 rings (SSSR count). The maximum atomic E-state index is 12.2. The summed E-state index contributed by atoms with van der Waals surface area (Å²) in [5.74, 6) is 0.645. The molecule has 0 saturated carbocycles. The van der Waals surface area contributed by atoms with Crippen LogP contribution in [0.15, 0.2) is 94.1 Å². The van der Waals surface area contributed by atoms with Crippen molar-refractivity contribution < 1.29 is 4.42 Å². The van der Waals surface area contributed by atoms with Crippen LogP contribution in [0.4, 0.5) is 0 Å². The van der Waals surface area contributed by atoms with E-state index in [2.05, 4.69) is 4.98 Å². The molecule has 1 N–H and O–H groups in total. The Hall–Kier alpha value is -3.92. The Bertz CT molecular complexity index is 1310. The molecule has 4 heteroatoms. The quantitative estimate of drug-likeness (QED) is 0.402. The molecule has 3 aromatic carbocycles. The molecule has 0 unspecified atom stereocenters. The molecule has 0 fully saturated rings. The van der Waals surface area contributed by atoms with E-state index in [4.69, 9.17) is 9.40 Å². The highest BCUT2D eigenvalue weighted by atomic mass is 16.4. The minimum absolute atomic E-state index is 0.393. The summed E-state index contributed by atoms with van der Waals surface area (Å²) in [4.78, 5) is 20.6. The molecular formula is C25H18N2O2. The number of imidazole rings is 1. The van der Waals surface area contributed by atoms with Gasteiger partial charge in [-0.15, -0.1) is 0 Å². The molecule has 0 radical (unpaired) electrons. The summed E-state index contributed by atoms with van der Waals surface area (Å²) in [5.41, 5.74) is 5.80. The van der Waals surface area contributed by atoms with E-state index in [0.717, 1.165) is 39.0 Å². The van der Waals surface area contributed by atoms with Crippen LogP contribution in [0, 0.1) is 6.92 Å². The van der Waals surface area contributed by atoms with E-state index in [9.17, 15) is 4.79 Å². The second kappa shape index (κ2) is 6.91. The zero-order valence-electron chi connectivity index (χ0n) is 15.8. The number of aromatic nitrogens is 2. The largest absolute Gasteiger partial charge is 0.423 e. The normalized spacial score (nSPS) is 11.1. The first-order chi connectivity index (χ1) is 14.2. The van der Waals surface area contributed by atoms with E-state index >= 15 is 0 Å². The minimum Gasteiger partial charge on any atom is -0.423 e. The van der Waals surface area contributed by atoms with Crippen molar-refractivity contribution in [3.63, 3.8) is 0 Å². The van der Waals surface area contributed by atoms with Gasteiger partial charge in [0.25, 0.3) is 0 Å². The molecule has 0 aliphatic heterocycles. The summed E-state index contributed by atoms with van der Waals surface area (Å²) in [7, 11) is 0. The molecular weight excluding hydrogens is 360 g/mol. The third-order valence-corrected chi connectivity index (χ3v) is 4.97.